The largest absolute Gasteiger partial charge is 0.311 e. The number of nitrogens with zero attached hydrogens (tertiary/aromatic N) is 1. The van der Waals surface area contributed by atoms with E-state index < -0.39 is 0 Å². The number of benzene rings is 1. The predicted molar refractivity (Wildman–Crippen MR) is 83.4 cm³/mol. The first-order valence-corrected chi connectivity index (χ1v) is 7.90. The molecule has 0 aliphatic carbocycles. The third-order valence-corrected chi connectivity index (χ3v) is 4.42. The highest BCUT2D eigenvalue weighted by Crippen LogP contribution is 2.21. The van der Waals surface area contributed by atoms with Gasteiger partial charge in [0.05, 0.1) is 10.7 Å². The smallest absolute Gasteiger partial charge is 0.0926 e. The van der Waals surface area contributed by atoms with E-state index in [4.69, 9.17) is 23.2 Å². The number of thiazole rings is 1. The number of hydrogen-bond acceptors (Lipinski definition) is 3. The fraction of sp³-hybridized carbons (Fsp3) is 0.357. The van der Waals surface area contributed by atoms with Gasteiger partial charge in [0.2, 0.25) is 0 Å². The maximum atomic E-state index is 6.12. The van der Waals surface area contributed by atoms with Gasteiger partial charge in [-0.05, 0) is 37.1 Å². The molecule has 1 heterocycles. The molecule has 0 bridgehead atoms. The molecule has 2 aromatic rings. The monoisotopic (exact) mass is 314 g/mol. The van der Waals surface area contributed by atoms with Crippen molar-refractivity contribution >= 4 is 34.5 Å². The minimum absolute atomic E-state index is 0.677. The Hall–Kier alpha value is -0.610. The molecule has 0 amide bonds. The lowest BCUT2D eigenvalue weighted by atomic mass is 10.1. The summed E-state index contributed by atoms with van der Waals surface area (Å²) in [5, 5.41) is 8.10. The van der Waals surface area contributed by atoms with Gasteiger partial charge in [0.25, 0.3) is 0 Å². The van der Waals surface area contributed by atoms with Gasteiger partial charge in [0.15, 0.2) is 0 Å². The molecule has 1 aromatic heterocycles. The van der Waals surface area contributed by atoms with E-state index in [1.54, 1.807) is 17.4 Å². The molecule has 2 nitrogen and oxygen atoms in total. The van der Waals surface area contributed by atoms with Gasteiger partial charge in [-0.15, -0.1) is 11.3 Å². The second-order valence-electron chi connectivity index (χ2n) is 4.25. The van der Waals surface area contributed by atoms with Crippen molar-refractivity contribution in [3.8, 4) is 0 Å². The van der Waals surface area contributed by atoms with Crippen LogP contribution in [-0.2, 0) is 19.4 Å². The van der Waals surface area contributed by atoms with Crippen LogP contribution in [0.5, 0.6) is 0 Å². The highest BCUT2D eigenvalue weighted by Gasteiger charge is 2.02. The van der Waals surface area contributed by atoms with Crippen molar-refractivity contribution in [2.24, 2.45) is 0 Å². The number of rotatable bonds is 6. The van der Waals surface area contributed by atoms with E-state index in [2.05, 4.69) is 22.6 Å². The van der Waals surface area contributed by atoms with Crippen LogP contribution in [0.25, 0.3) is 0 Å². The SMILES string of the molecule is CCc1nc(CNCCc2ccc(Cl)cc2Cl)cs1. The van der Waals surface area contributed by atoms with Crippen molar-refractivity contribution in [3.63, 3.8) is 0 Å². The van der Waals surface area contributed by atoms with Gasteiger partial charge in [-0.1, -0.05) is 36.2 Å². The first kappa shape index (κ1) is 14.8. The molecule has 0 saturated carbocycles. The molecule has 1 aromatic carbocycles. The van der Waals surface area contributed by atoms with Crippen molar-refractivity contribution < 1.29 is 0 Å². The van der Waals surface area contributed by atoms with Gasteiger partial charge in [-0.2, -0.15) is 0 Å². The van der Waals surface area contributed by atoms with Crippen molar-refractivity contribution in [2.75, 3.05) is 6.54 Å². The maximum absolute atomic E-state index is 6.12. The second-order valence-corrected chi connectivity index (χ2v) is 6.03. The lowest BCUT2D eigenvalue weighted by Gasteiger charge is -2.05. The van der Waals surface area contributed by atoms with Crippen LogP contribution in [0.15, 0.2) is 23.6 Å². The summed E-state index contributed by atoms with van der Waals surface area (Å²) < 4.78 is 0. The zero-order chi connectivity index (χ0) is 13.7. The molecule has 0 aliphatic heterocycles. The Kier molecular flexibility index (Phi) is 5.64. The van der Waals surface area contributed by atoms with E-state index in [1.165, 1.54) is 5.01 Å². The highest BCUT2D eigenvalue weighted by molar-refractivity contribution is 7.09. The summed E-state index contributed by atoms with van der Waals surface area (Å²) >= 11 is 13.7. The minimum Gasteiger partial charge on any atom is -0.311 e. The molecule has 1 N–H and O–H groups in total. The predicted octanol–water partition coefficient (Wildman–Crippen LogP) is 4.34. The Labute approximate surface area is 127 Å². The van der Waals surface area contributed by atoms with Crippen molar-refractivity contribution in [3.05, 3.63) is 49.9 Å². The Bertz CT molecular complexity index is 540. The quantitative estimate of drug-likeness (QED) is 0.802. The van der Waals surface area contributed by atoms with E-state index in [9.17, 15) is 0 Å². The highest BCUT2D eigenvalue weighted by atomic mass is 35.5. The average molecular weight is 315 g/mol. The Morgan fingerprint density at radius 3 is 2.84 bits per heavy atom. The Balaban J connectivity index is 1.77. The average Bonchev–Trinajstić information content (AvgIpc) is 2.84. The standard InChI is InChI=1S/C14H16Cl2N2S/c1-2-14-18-12(9-19-14)8-17-6-5-10-3-4-11(15)7-13(10)16/h3-4,7,9,17H,2,5-6,8H2,1H3. The molecular weight excluding hydrogens is 299 g/mol. The first-order valence-electron chi connectivity index (χ1n) is 6.27. The van der Waals surface area contributed by atoms with E-state index in [0.717, 1.165) is 42.2 Å². The van der Waals surface area contributed by atoms with E-state index >= 15 is 0 Å². The van der Waals surface area contributed by atoms with Gasteiger partial charge in [0.1, 0.15) is 0 Å². The Morgan fingerprint density at radius 1 is 1.32 bits per heavy atom. The molecule has 0 spiro atoms. The van der Waals surface area contributed by atoms with Crippen molar-refractivity contribution in [2.45, 2.75) is 26.3 Å². The van der Waals surface area contributed by atoms with Crippen molar-refractivity contribution in [1.29, 1.82) is 0 Å². The number of halogens is 2. The van der Waals surface area contributed by atoms with Crippen LogP contribution in [-0.4, -0.2) is 11.5 Å². The molecule has 0 radical (unpaired) electrons. The topological polar surface area (TPSA) is 24.9 Å². The fourth-order valence-electron chi connectivity index (χ4n) is 1.76. The van der Waals surface area contributed by atoms with E-state index in [1.807, 2.05) is 12.1 Å². The number of aromatic nitrogens is 1. The maximum Gasteiger partial charge on any atom is 0.0926 e. The summed E-state index contributed by atoms with van der Waals surface area (Å²) in [7, 11) is 0. The Morgan fingerprint density at radius 2 is 2.16 bits per heavy atom. The molecular formula is C14H16Cl2N2S. The normalized spacial score (nSPS) is 10.9. The minimum atomic E-state index is 0.677. The molecule has 102 valence electrons. The molecule has 19 heavy (non-hydrogen) atoms. The summed E-state index contributed by atoms with van der Waals surface area (Å²) in [5.74, 6) is 0. The van der Waals surface area contributed by atoms with E-state index in [-0.39, 0.29) is 0 Å². The van der Waals surface area contributed by atoms with Crippen LogP contribution in [0.4, 0.5) is 0 Å². The number of aryl methyl sites for hydroxylation is 1. The lowest BCUT2D eigenvalue weighted by molar-refractivity contribution is 0.676. The van der Waals surface area contributed by atoms with Gasteiger partial charge in [-0.3, -0.25) is 0 Å². The lowest BCUT2D eigenvalue weighted by Crippen LogP contribution is -2.17. The van der Waals surface area contributed by atoms with Crippen LogP contribution >= 0.6 is 34.5 Å². The molecule has 0 atom stereocenters. The third-order valence-electron chi connectivity index (χ3n) is 2.79. The number of nitrogens with one attached hydrogen (secondary N) is 1. The molecule has 0 fully saturated rings. The first-order chi connectivity index (χ1) is 9.19. The summed E-state index contributed by atoms with van der Waals surface area (Å²) in [4.78, 5) is 4.51. The van der Waals surface area contributed by atoms with Crippen molar-refractivity contribution in [1.82, 2.24) is 10.3 Å². The van der Waals surface area contributed by atoms with Gasteiger partial charge >= 0.3 is 0 Å². The van der Waals surface area contributed by atoms with Gasteiger partial charge < -0.3 is 5.32 Å². The van der Waals surface area contributed by atoms with Gasteiger partial charge in [0, 0.05) is 22.0 Å². The van der Waals surface area contributed by atoms with Crippen LogP contribution < -0.4 is 5.32 Å². The summed E-state index contributed by atoms with van der Waals surface area (Å²) in [6.07, 6.45) is 1.89. The molecule has 5 heteroatoms. The van der Waals surface area contributed by atoms with Crippen LogP contribution in [0.2, 0.25) is 10.0 Å². The third kappa shape index (κ3) is 4.46. The van der Waals surface area contributed by atoms with Crippen LogP contribution in [0.1, 0.15) is 23.2 Å². The molecule has 0 unspecified atom stereocenters. The van der Waals surface area contributed by atoms with Crippen LogP contribution in [0, 0.1) is 0 Å². The number of hydrogen-bond donors (Lipinski definition) is 1. The summed E-state index contributed by atoms with van der Waals surface area (Å²) in [6.45, 7) is 3.81. The van der Waals surface area contributed by atoms with E-state index in [0.29, 0.717) is 5.02 Å². The zero-order valence-electron chi connectivity index (χ0n) is 10.7. The summed E-state index contributed by atoms with van der Waals surface area (Å²) in [5.41, 5.74) is 2.23. The molecule has 2 rings (SSSR count). The summed E-state index contributed by atoms with van der Waals surface area (Å²) in [6, 6.07) is 5.63. The van der Waals surface area contributed by atoms with Gasteiger partial charge in [-0.25, -0.2) is 4.98 Å². The fourth-order valence-corrected chi connectivity index (χ4v) is 3.00. The van der Waals surface area contributed by atoms with Crippen LogP contribution in [0.3, 0.4) is 0 Å². The molecule has 0 aliphatic rings. The molecule has 0 saturated heterocycles. The second kappa shape index (κ2) is 7.25. The zero-order valence-corrected chi connectivity index (χ0v) is 13.1.